The van der Waals surface area contributed by atoms with Crippen LogP contribution in [-0.2, 0) is 19.1 Å². The number of ether oxygens (including phenoxy) is 2. The molecule has 0 unspecified atom stereocenters. The Morgan fingerprint density at radius 3 is 2.23 bits per heavy atom. The molecule has 0 fully saturated rings. The Kier molecular flexibility index (Phi) is 7.56. The highest BCUT2D eigenvalue weighted by Crippen LogP contribution is 2.16. The third-order valence-corrected chi connectivity index (χ3v) is 3.25. The summed E-state index contributed by atoms with van der Waals surface area (Å²) in [5, 5.41) is 2.67. The molecule has 0 spiro atoms. The molecule has 0 aliphatic heterocycles. The van der Waals surface area contributed by atoms with Crippen LogP contribution in [0, 0.1) is 13.8 Å². The van der Waals surface area contributed by atoms with E-state index in [1.165, 1.54) is 4.90 Å². The fraction of sp³-hybridized carbons (Fsp3) is 0.500. The van der Waals surface area contributed by atoms with Crippen molar-refractivity contribution >= 4 is 17.5 Å². The number of amides is 2. The van der Waals surface area contributed by atoms with E-state index in [1.807, 2.05) is 32.0 Å². The Balaban J connectivity index is 2.75. The van der Waals surface area contributed by atoms with Gasteiger partial charge in [-0.15, -0.1) is 0 Å². The van der Waals surface area contributed by atoms with E-state index in [1.54, 1.807) is 14.2 Å². The predicted molar refractivity (Wildman–Crippen MR) is 84.9 cm³/mol. The van der Waals surface area contributed by atoms with Crippen LogP contribution in [0.15, 0.2) is 18.2 Å². The molecule has 0 bridgehead atoms. The van der Waals surface area contributed by atoms with Gasteiger partial charge >= 0.3 is 11.8 Å². The fourth-order valence-electron chi connectivity index (χ4n) is 1.91. The largest absolute Gasteiger partial charge is 0.383 e. The number of methoxy groups -OCH3 is 2. The molecule has 1 aromatic rings. The summed E-state index contributed by atoms with van der Waals surface area (Å²) in [6, 6.07) is 5.70. The minimum absolute atomic E-state index is 0.346. The van der Waals surface area contributed by atoms with Crippen LogP contribution < -0.4 is 5.32 Å². The number of nitrogens with one attached hydrogen (secondary N) is 1. The average Bonchev–Trinajstić information content (AvgIpc) is 2.50. The van der Waals surface area contributed by atoms with Crippen LogP contribution >= 0.6 is 0 Å². The first kappa shape index (κ1) is 18.1. The molecule has 22 heavy (non-hydrogen) atoms. The second kappa shape index (κ2) is 9.17. The lowest BCUT2D eigenvalue weighted by atomic mass is 10.1. The summed E-state index contributed by atoms with van der Waals surface area (Å²) in [4.78, 5) is 25.8. The summed E-state index contributed by atoms with van der Waals surface area (Å²) >= 11 is 0. The average molecular weight is 308 g/mol. The van der Waals surface area contributed by atoms with Crippen LogP contribution in [0.4, 0.5) is 5.69 Å². The van der Waals surface area contributed by atoms with E-state index in [0.29, 0.717) is 32.0 Å². The summed E-state index contributed by atoms with van der Waals surface area (Å²) in [5.74, 6) is -1.24. The maximum absolute atomic E-state index is 12.3. The highest BCUT2D eigenvalue weighted by molar-refractivity contribution is 6.39. The normalized spacial score (nSPS) is 10.4. The minimum Gasteiger partial charge on any atom is -0.383 e. The second-order valence-electron chi connectivity index (χ2n) is 5.05. The number of hydrogen-bond acceptors (Lipinski definition) is 4. The van der Waals surface area contributed by atoms with Crippen molar-refractivity contribution in [3.63, 3.8) is 0 Å². The van der Waals surface area contributed by atoms with E-state index in [-0.39, 0.29) is 0 Å². The van der Waals surface area contributed by atoms with Crippen molar-refractivity contribution in [3.8, 4) is 0 Å². The molecule has 0 aliphatic rings. The van der Waals surface area contributed by atoms with Crippen molar-refractivity contribution in [2.45, 2.75) is 13.8 Å². The van der Waals surface area contributed by atoms with Crippen LogP contribution in [0.1, 0.15) is 11.1 Å². The molecule has 1 aromatic carbocycles. The van der Waals surface area contributed by atoms with Crippen molar-refractivity contribution < 1.29 is 19.1 Å². The van der Waals surface area contributed by atoms with Gasteiger partial charge in [-0.05, 0) is 31.0 Å². The zero-order valence-corrected chi connectivity index (χ0v) is 13.6. The van der Waals surface area contributed by atoms with Gasteiger partial charge in [-0.25, -0.2) is 0 Å². The number of anilines is 1. The molecule has 0 saturated carbocycles. The quantitative estimate of drug-likeness (QED) is 0.772. The van der Waals surface area contributed by atoms with E-state index < -0.39 is 11.8 Å². The number of rotatable bonds is 7. The van der Waals surface area contributed by atoms with E-state index >= 15 is 0 Å². The molecule has 0 saturated heterocycles. The predicted octanol–water partition coefficient (Wildman–Crippen LogP) is 1.36. The summed E-state index contributed by atoms with van der Waals surface area (Å²) in [6.07, 6.45) is 0. The number of hydrogen-bond donors (Lipinski definition) is 1. The molecular weight excluding hydrogens is 284 g/mol. The Morgan fingerprint density at radius 2 is 1.68 bits per heavy atom. The van der Waals surface area contributed by atoms with Crippen molar-refractivity contribution in [1.29, 1.82) is 0 Å². The van der Waals surface area contributed by atoms with Crippen molar-refractivity contribution in [2.24, 2.45) is 0 Å². The summed E-state index contributed by atoms with van der Waals surface area (Å²) in [7, 11) is 3.10. The first-order valence-corrected chi connectivity index (χ1v) is 7.15. The lowest BCUT2D eigenvalue weighted by Crippen LogP contribution is -2.43. The maximum atomic E-state index is 12.3. The van der Waals surface area contributed by atoms with Gasteiger partial charge in [0, 0.05) is 33.0 Å². The molecule has 0 atom stereocenters. The van der Waals surface area contributed by atoms with Gasteiger partial charge in [0.05, 0.1) is 13.2 Å². The Hall–Kier alpha value is -1.92. The van der Waals surface area contributed by atoms with Crippen molar-refractivity contribution in [1.82, 2.24) is 4.90 Å². The molecule has 6 heteroatoms. The number of carbonyl (C=O) groups is 2. The molecule has 122 valence electrons. The molecule has 0 aliphatic carbocycles. The summed E-state index contributed by atoms with van der Waals surface area (Å²) < 4.78 is 9.94. The molecule has 2 amide bonds. The Labute approximate surface area is 131 Å². The van der Waals surface area contributed by atoms with Crippen LogP contribution in [0.25, 0.3) is 0 Å². The molecule has 6 nitrogen and oxygen atoms in total. The first-order valence-electron chi connectivity index (χ1n) is 7.15. The standard InChI is InChI=1S/C16H24N2O4/c1-12-5-6-13(2)14(11-12)17-15(19)16(20)18(7-9-21-3)8-10-22-4/h5-6,11H,7-10H2,1-4H3,(H,17,19). The van der Waals surface area contributed by atoms with Gasteiger partial charge in [-0.1, -0.05) is 12.1 Å². The van der Waals surface area contributed by atoms with E-state index in [0.717, 1.165) is 11.1 Å². The number of carbonyl (C=O) groups excluding carboxylic acids is 2. The van der Waals surface area contributed by atoms with Crippen LogP contribution in [0.2, 0.25) is 0 Å². The number of benzene rings is 1. The van der Waals surface area contributed by atoms with Crippen LogP contribution in [0.3, 0.4) is 0 Å². The van der Waals surface area contributed by atoms with Gasteiger partial charge < -0.3 is 19.7 Å². The van der Waals surface area contributed by atoms with Crippen LogP contribution in [-0.4, -0.2) is 57.2 Å². The molecule has 0 heterocycles. The Bertz CT molecular complexity index is 509. The van der Waals surface area contributed by atoms with Crippen molar-refractivity contribution in [2.75, 3.05) is 45.8 Å². The second-order valence-corrected chi connectivity index (χ2v) is 5.05. The summed E-state index contributed by atoms with van der Waals surface area (Å²) in [5.41, 5.74) is 2.58. The van der Waals surface area contributed by atoms with Crippen LogP contribution in [0.5, 0.6) is 0 Å². The molecule has 1 rings (SSSR count). The zero-order valence-electron chi connectivity index (χ0n) is 13.6. The smallest absolute Gasteiger partial charge is 0.313 e. The van der Waals surface area contributed by atoms with Gasteiger partial charge in [0.1, 0.15) is 0 Å². The third-order valence-electron chi connectivity index (χ3n) is 3.25. The number of aryl methyl sites for hydroxylation is 2. The monoisotopic (exact) mass is 308 g/mol. The molecule has 0 aromatic heterocycles. The first-order chi connectivity index (χ1) is 10.5. The van der Waals surface area contributed by atoms with Crippen molar-refractivity contribution in [3.05, 3.63) is 29.3 Å². The van der Waals surface area contributed by atoms with E-state index in [9.17, 15) is 9.59 Å². The van der Waals surface area contributed by atoms with Gasteiger partial charge in [0.15, 0.2) is 0 Å². The number of nitrogens with zero attached hydrogens (tertiary/aromatic N) is 1. The van der Waals surface area contributed by atoms with Gasteiger partial charge in [0.25, 0.3) is 0 Å². The zero-order chi connectivity index (χ0) is 16.5. The van der Waals surface area contributed by atoms with E-state index in [2.05, 4.69) is 5.32 Å². The van der Waals surface area contributed by atoms with E-state index in [4.69, 9.17) is 9.47 Å². The van der Waals surface area contributed by atoms with Gasteiger partial charge in [-0.3, -0.25) is 9.59 Å². The molecule has 1 N–H and O–H groups in total. The Morgan fingerprint density at radius 1 is 1.09 bits per heavy atom. The van der Waals surface area contributed by atoms with Gasteiger partial charge in [-0.2, -0.15) is 0 Å². The lowest BCUT2D eigenvalue weighted by molar-refractivity contribution is -0.144. The van der Waals surface area contributed by atoms with Gasteiger partial charge in [0.2, 0.25) is 0 Å². The molecular formula is C16H24N2O4. The lowest BCUT2D eigenvalue weighted by Gasteiger charge is -2.21. The fourth-order valence-corrected chi connectivity index (χ4v) is 1.91. The SMILES string of the molecule is COCCN(CCOC)C(=O)C(=O)Nc1cc(C)ccc1C. The molecule has 0 radical (unpaired) electrons. The topological polar surface area (TPSA) is 67.9 Å². The highest BCUT2D eigenvalue weighted by atomic mass is 16.5. The summed E-state index contributed by atoms with van der Waals surface area (Å²) in [6.45, 7) is 5.24. The minimum atomic E-state index is -0.652. The third kappa shape index (κ3) is 5.46. The highest BCUT2D eigenvalue weighted by Gasteiger charge is 2.22. The maximum Gasteiger partial charge on any atom is 0.313 e.